The van der Waals surface area contributed by atoms with Crippen LogP contribution in [-0.4, -0.2) is 30.8 Å². The first-order valence-corrected chi connectivity index (χ1v) is 9.92. The fourth-order valence-electron chi connectivity index (χ4n) is 2.50. The minimum Gasteiger partial charge on any atom is -0.492 e. The lowest BCUT2D eigenvalue weighted by Gasteiger charge is -2.11. The lowest BCUT2D eigenvalue weighted by molar-refractivity contribution is 0.340. The normalized spacial score (nSPS) is 11.5. The van der Waals surface area contributed by atoms with Gasteiger partial charge in [-0.3, -0.25) is 4.57 Å². The molecule has 130 valence electrons. The average molecular weight is 377 g/mol. The summed E-state index contributed by atoms with van der Waals surface area (Å²) in [7, 11) is -3.22. The fraction of sp³-hybridized carbons (Fsp3) is 0.167. The summed E-state index contributed by atoms with van der Waals surface area (Å²) in [6, 6.07) is 12.2. The van der Waals surface area contributed by atoms with Crippen LogP contribution in [0.3, 0.4) is 0 Å². The Hall–Kier alpha value is -2.31. The molecule has 2 aromatic carbocycles. The van der Waals surface area contributed by atoms with Crippen molar-refractivity contribution in [2.75, 3.05) is 12.9 Å². The highest BCUT2D eigenvalue weighted by atomic mass is 35.5. The van der Waals surface area contributed by atoms with Crippen molar-refractivity contribution in [1.29, 1.82) is 0 Å². The number of rotatable bonds is 5. The molecule has 0 bridgehead atoms. The number of aromatic nitrogens is 2. The van der Waals surface area contributed by atoms with E-state index in [-0.39, 0.29) is 4.90 Å². The smallest absolute Gasteiger partial charge is 0.175 e. The Labute approximate surface area is 151 Å². The maximum Gasteiger partial charge on any atom is 0.175 e. The predicted octanol–water partition coefficient (Wildman–Crippen LogP) is 3.99. The van der Waals surface area contributed by atoms with Crippen LogP contribution in [0.25, 0.3) is 16.9 Å². The van der Waals surface area contributed by atoms with Crippen molar-refractivity contribution in [2.24, 2.45) is 0 Å². The summed E-state index contributed by atoms with van der Waals surface area (Å²) in [5.41, 5.74) is 2.54. The molecule has 7 heteroatoms. The van der Waals surface area contributed by atoms with E-state index in [2.05, 4.69) is 4.98 Å². The molecule has 1 heterocycles. The zero-order valence-electron chi connectivity index (χ0n) is 13.8. The molecule has 0 N–H and O–H groups in total. The zero-order valence-corrected chi connectivity index (χ0v) is 15.4. The van der Waals surface area contributed by atoms with Crippen LogP contribution >= 0.6 is 11.6 Å². The van der Waals surface area contributed by atoms with Gasteiger partial charge in [-0.1, -0.05) is 11.6 Å². The van der Waals surface area contributed by atoms with Crippen molar-refractivity contribution in [3.63, 3.8) is 0 Å². The first kappa shape index (κ1) is 17.5. The number of hydrogen-bond acceptors (Lipinski definition) is 4. The molecule has 5 nitrogen and oxygen atoms in total. The van der Waals surface area contributed by atoms with Crippen molar-refractivity contribution < 1.29 is 13.2 Å². The van der Waals surface area contributed by atoms with Gasteiger partial charge in [0.25, 0.3) is 0 Å². The fourth-order valence-corrected chi connectivity index (χ4v) is 3.37. The molecule has 0 aliphatic carbocycles. The molecule has 3 rings (SSSR count). The van der Waals surface area contributed by atoms with Gasteiger partial charge in [0.15, 0.2) is 9.84 Å². The molecule has 0 unspecified atom stereocenters. The average Bonchev–Trinajstić information content (AvgIpc) is 3.06. The summed E-state index contributed by atoms with van der Waals surface area (Å²) in [6.45, 7) is 2.45. The molecule has 1 aromatic heterocycles. The van der Waals surface area contributed by atoms with Crippen LogP contribution in [0, 0.1) is 0 Å². The first-order valence-electron chi connectivity index (χ1n) is 7.65. The number of hydrogen-bond donors (Lipinski definition) is 0. The van der Waals surface area contributed by atoms with Crippen molar-refractivity contribution in [1.82, 2.24) is 9.55 Å². The van der Waals surface area contributed by atoms with E-state index in [0.29, 0.717) is 17.4 Å². The molecule has 0 amide bonds. The molecule has 0 saturated heterocycles. The summed E-state index contributed by atoms with van der Waals surface area (Å²) in [4.78, 5) is 4.48. The molecular weight excluding hydrogens is 360 g/mol. The Morgan fingerprint density at radius 2 is 1.88 bits per heavy atom. The standard InChI is InChI=1S/C18H17ClN2O3S/c1-3-24-18-9-4-13(10-16(18)19)17-11-20-12-21(17)14-5-7-15(8-6-14)25(2,22)23/h4-12H,3H2,1-2H3. The Morgan fingerprint density at radius 1 is 1.16 bits per heavy atom. The van der Waals surface area contributed by atoms with E-state index < -0.39 is 9.84 Å². The van der Waals surface area contributed by atoms with Gasteiger partial charge < -0.3 is 4.74 Å². The maximum absolute atomic E-state index is 11.6. The van der Waals surface area contributed by atoms with E-state index >= 15 is 0 Å². The van der Waals surface area contributed by atoms with Crippen molar-refractivity contribution in [3.05, 3.63) is 60.0 Å². The van der Waals surface area contributed by atoms with Gasteiger partial charge in [0.2, 0.25) is 0 Å². The van der Waals surface area contributed by atoms with E-state index in [1.807, 2.05) is 29.7 Å². The number of nitrogens with zero attached hydrogens (tertiary/aromatic N) is 2. The third-order valence-corrected chi connectivity index (χ3v) is 5.13. The summed E-state index contributed by atoms with van der Waals surface area (Å²) < 4.78 is 30.5. The van der Waals surface area contributed by atoms with Crippen LogP contribution in [0.2, 0.25) is 5.02 Å². The van der Waals surface area contributed by atoms with Crippen LogP contribution in [0.1, 0.15) is 6.92 Å². The summed E-state index contributed by atoms with van der Waals surface area (Å²) in [5, 5.41) is 0.527. The zero-order chi connectivity index (χ0) is 18.0. The first-order chi connectivity index (χ1) is 11.9. The molecule has 0 spiro atoms. The molecular formula is C18H17ClN2O3S. The van der Waals surface area contributed by atoms with Crippen LogP contribution in [0.5, 0.6) is 5.75 Å². The highest BCUT2D eigenvalue weighted by molar-refractivity contribution is 7.90. The minimum atomic E-state index is -3.22. The second-order valence-electron chi connectivity index (χ2n) is 5.49. The topological polar surface area (TPSA) is 61.2 Å². The van der Waals surface area contributed by atoms with Gasteiger partial charge in [0.1, 0.15) is 5.75 Å². The lowest BCUT2D eigenvalue weighted by atomic mass is 10.1. The summed E-state index contributed by atoms with van der Waals surface area (Å²) in [5.74, 6) is 0.636. The minimum absolute atomic E-state index is 0.280. The Kier molecular flexibility index (Phi) is 4.83. The molecule has 0 saturated carbocycles. The van der Waals surface area contributed by atoms with Crippen LogP contribution in [0.15, 0.2) is 59.9 Å². The molecule has 0 atom stereocenters. The van der Waals surface area contributed by atoms with Crippen molar-refractivity contribution in [2.45, 2.75) is 11.8 Å². The van der Waals surface area contributed by atoms with Crippen molar-refractivity contribution >= 4 is 21.4 Å². The monoisotopic (exact) mass is 376 g/mol. The number of benzene rings is 2. The van der Waals surface area contributed by atoms with E-state index in [1.165, 1.54) is 6.26 Å². The van der Waals surface area contributed by atoms with Gasteiger partial charge >= 0.3 is 0 Å². The quantitative estimate of drug-likeness (QED) is 0.675. The summed E-state index contributed by atoms with van der Waals surface area (Å²) in [6.07, 6.45) is 4.60. The number of ether oxygens (including phenoxy) is 1. The van der Waals surface area contributed by atoms with E-state index in [9.17, 15) is 8.42 Å². The van der Waals surface area contributed by atoms with E-state index in [0.717, 1.165) is 16.9 Å². The second-order valence-corrected chi connectivity index (χ2v) is 7.92. The SMILES string of the molecule is CCOc1ccc(-c2cncn2-c2ccc(S(C)(=O)=O)cc2)cc1Cl. The third kappa shape index (κ3) is 3.70. The van der Waals surface area contributed by atoms with Gasteiger partial charge in [0.05, 0.1) is 34.7 Å². The van der Waals surface area contributed by atoms with Crippen molar-refractivity contribution in [3.8, 4) is 22.7 Å². The largest absolute Gasteiger partial charge is 0.492 e. The second kappa shape index (κ2) is 6.90. The highest BCUT2D eigenvalue weighted by Gasteiger charge is 2.11. The lowest BCUT2D eigenvalue weighted by Crippen LogP contribution is -1.99. The predicted molar refractivity (Wildman–Crippen MR) is 98.3 cm³/mol. The Balaban J connectivity index is 2.00. The number of imidazole rings is 1. The highest BCUT2D eigenvalue weighted by Crippen LogP contribution is 2.31. The number of sulfone groups is 1. The van der Waals surface area contributed by atoms with Gasteiger partial charge in [-0.25, -0.2) is 13.4 Å². The number of halogens is 1. The van der Waals surface area contributed by atoms with Crippen LogP contribution in [0.4, 0.5) is 0 Å². The maximum atomic E-state index is 11.6. The van der Waals surface area contributed by atoms with Gasteiger partial charge in [-0.2, -0.15) is 0 Å². The van der Waals surface area contributed by atoms with E-state index in [4.69, 9.17) is 16.3 Å². The molecule has 3 aromatic rings. The van der Waals surface area contributed by atoms with Gasteiger partial charge in [0, 0.05) is 17.5 Å². The Morgan fingerprint density at radius 3 is 2.48 bits per heavy atom. The summed E-state index contributed by atoms with van der Waals surface area (Å²) >= 11 is 6.27. The molecule has 0 aliphatic heterocycles. The Bertz CT molecular complexity index is 995. The third-order valence-electron chi connectivity index (χ3n) is 3.71. The molecule has 0 fully saturated rings. The molecule has 25 heavy (non-hydrogen) atoms. The van der Waals surface area contributed by atoms with Crippen LogP contribution in [-0.2, 0) is 9.84 Å². The molecule has 0 radical (unpaired) electrons. The molecule has 0 aliphatic rings. The van der Waals surface area contributed by atoms with E-state index in [1.54, 1.807) is 36.8 Å². The van der Waals surface area contributed by atoms with Gasteiger partial charge in [-0.15, -0.1) is 0 Å². The van der Waals surface area contributed by atoms with Gasteiger partial charge in [-0.05, 0) is 49.4 Å². The van der Waals surface area contributed by atoms with Crippen LogP contribution < -0.4 is 4.74 Å².